The molecule has 4 N–H and O–H groups in total. The van der Waals surface area contributed by atoms with Crippen LogP contribution < -0.4 is 10.6 Å². The van der Waals surface area contributed by atoms with Gasteiger partial charge in [-0.05, 0) is 57.9 Å². The Kier molecular flexibility index (Phi) is 11.8. The molecule has 0 unspecified atom stereocenters. The van der Waals surface area contributed by atoms with E-state index in [1.807, 2.05) is 44.2 Å². The number of hydrogen-bond acceptors (Lipinski definition) is 5. The summed E-state index contributed by atoms with van der Waals surface area (Å²) in [6.45, 7) is 8.91. The van der Waals surface area contributed by atoms with Gasteiger partial charge in [0.1, 0.15) is 11.4 Å². The van der Waals surface area contributed by atoms with E-state index in [4.69, 9.17) is 4.74 Å². The molecule has 0 fully saturated rings. The molecule has 1 aromatic heterocycles. The average Bonchev–Trinajstić information content (AvgIpc) is 3.34. The van der Waals surface area contributed by atoms with Crippen molar-refractivity contribution in [2.45, 2.75) is 96.7 Å². The monoisotopic (exact) mass is 554 g/mol. The van der Waals surface area contributed by atoms with Crippen LogP contribution in [0.1, 0.15) is 77.7 Å². The fourth-order valence-electron chi connectivity index (χ4n) is 4.24. The highest BCUT2D eigenvalue weighted by Crippen LogP contribution is 2.27. The van der Waals surface area contributed by atoms with Crippen molar-refractivity contribution in [2.24, 2.45) is 11.8 Å². The maximum Gasteiger partial charge on any atom is 0.407 e. The zero-order valence-corrected chi connectivity index (χ0v) is 23.2. The van der Waals surface area contributed by atoms with Crippen molar-refractivity contribution >= 4 is 12.0 Å². The minimum Gasteiger partial charge on any atom is -0.444 e. The molecule has 218 valence electrons. The molecule has 0 bridgehead atoms. The molecule has 0 saturated carbocycles. The lowest BCUT2D eigenvalue weighted by Crippen LogP contribution is -2.48. The zero-order chi connectivity index (χ0) is 29.2. The topological polar surface area (TPSA) is 116 Å². The highest BCUT2D eigenvalue weighted by Gasteiger charge is 2.33. The first-order valence-electron chi connectivity index (χ1n) is 13.2. The maximum atomic E-state index is 13.4. The summed E-state index contributed by atoms with van der Waals surface area (Å²) in [5.74, 6) is -0.943. The summed E-state index contributed by atoms with van der Waals surface area (Å²) in [4.78, 5) is 33.1. The number of imidazole rings is 1. The first-order chi connectivity index (χ1) is 18.1. The predicted octanol–water partition coefficient (Wildman–Crippen LogP) is 5.46. The number of aliphatic hydroxyl groups excluding tert-OH is 1. The van der Waals surface area contributed by atoms with Crippen LogP contribution in [0.3, 0.4) is 0 Å². The first kappa shape index (κ1) is 32.1. The number of nitrogens with one attached hydrogen (secondary N) is 3. The zero-order valence-electron chi connectivity index (χ0n) is 23.2. The number of aromatic amines is 1. The number of alkyl halides is 3. The van der Waals surface area contributed by atoms with Crippen molar-refractivity contribution in [1.82, 2.24) is 20.6 Å². The summed E-state index contributed by atoms with van der Waals surface area (Å²) in [6.07, 6.45) is -4.47. The van der Waals surface area contributed by atoms with Gasteiger partial charge in [0, 0.05) is 24.7 Å². The van der Waals surface area contributed by atoms with Gasteiger partial charge in [-0.2, -0.15) is 13.2 Å². The average molecular weight is 555 g/mol. The van der Waals surface area contributed by atoms with Gasteiger partial charge in [-0.1, -0.05) is 44.2 Å². The van der Waals surface area contributed by atoms with E-state index in [0.717, 1.165) is 5.56 Å². The molecular weight excluding hydrogens is 513 g/mol. The fraction of sp³-hybridized carbons (Fsp3) is 0.607. The summed E-state index contributed by atoms with van der Waals surface area (Å²) in [5, 5.41) is 16.8. The lowest BCUT2D eigenvalue weighted by Gasteiger charge is -2.30. The highest BCUT2D eigenvalue weighted by atomic mass is 19.4. The Morgan fingerprint density at radius 1 is 1.10 bits per heavy atom. The Labute approximate surface area is 228 Å². The van der Waals surface area contributed by atoms with E-state index in [9.17, 15) is 27.9 Å². The third kappa shape index (κ3) is 12.1. The Morgan fingerprint density at radius 3 is 2.31 bits per heavy atom. The summed E-state index contributed by atoms with van der Waals surface area (Å²) in [7, 11) is 0. The summed E-state index contributed by atoms with van der Waals surface area (Å²) >= 11 is 0. The van der Waals surface area contributed by atoms with E-state index in [1.165, 1.54) is 0 Å². The summed E-state index contributed by atoms with van der Waals surface area (Å²) in [6, 6.07) is 7.81. The number of ether oxygens (including phenoxy) is 1. The van der Waals surface area contributed by atoms with Gasteiger partial charge >= 0.3 is 12.3 Å². The van der Waals surface area contributed by atoms with Crippen LogP contribution in [0.2, 0.25) is 0 Å². The fourth-order valence-corrected chi connectivity index (χ4v) is 4.24. The number of aromatic nitrogens is 2. The van der Waals surface area contributed by atoms with Crippen molar-refractivity contribution in [3.63, 3.8) is 0 Å². The van der Waals surface area contributed by atoms with Crippen LogP contribution in [-0.4, -0.2) is 51.0 Å². The van der Waals surface area contributed by atoms with Crippen LogP contribution in [0.15, 0.2) is 42.7 Å². The number of amides is 2. The number of rotatable bonds is 13. The van der Waals surface area contributed by atoms with Crippen LogP contribution >= 0.6 is 0 Å². The molecule has 2 aromatic rings. The molecule has 0 radical (unpaired) electrons. The number of hydrogen-bond donors (Lipinski definition) is 4. The van der Waals surface area contributed by atoms with E-state index in [0.29, 0.717) is 5.82 Å². The smallest absolute Gasteiger partial charge is 0.407 e. The van der Waals surface area contributed by atoms with Crippen molar-refractivity contribution in [3.8, 4) is 0 Å². The molecule has 0 aliphatic rings. The Bertz CT molecular complexity index is 1010. The van der Waals surface area contributed by atoms with E-state index in [2.05, 4.69) is 20.6 Å². The van der Waals surface area contributed by atoms with Crippen molar-refractivity contribution in [3.05, 3.63) is 54.1 Å². The van der Waals surface area contributed by atoms with Crippen molar-refractivity contribution in [1.29, 1.82) is 0 Å². The Hall–Kier alpha value is -3.08. The van der Waals surface area contributed by atoms with Crippen molar-refractivity contribution in [2.75, 3.05) is 0 Å². The second-order valence-corrected chi connectivity index (χ2v) is 11.2. The maximum absolute atomic E-state index is 13.4. The van der Waals surface area contributed by atoms with Gasteiger partial charge in [0.2, 0.25) is 5.91 Å². The van der Waals surface area contributed by atoms with E-state index in [-0.39, 0.29) is 31.6 Å². The van der Waals surface area contributed by atoms with Gasteiger partial charge in [0.15, 0.2) is 0 Å². The first-order valence-corrected chi connectivity index (χ1v) is 13.2. The van der Waals surface area contributed by atoms with Crippen LogP contribution in [0, 0.1) is 11.8 Å². The van der Waals surface area contributed by atoms with Crippen molar-refractivity contribution < 1.29 is 32.6 Å². The number of carbonyl (C=O) groups excluding carboxylic acids is 2. The number of alkyl carbamates (subject to hydrolysis) is 1. The SMILES string of the molecule is CC(C)[C@H](NC(=O)[C@H](CCCC(F)(F)F)C[C@H](O)[C@H](Cc1ccccc1)NC(=O)OC(C)(C)C)c1ncc[nH]1. The van der Waals surface area contributed by atoms with Gasteiger partial charge < -0.3 is 25.5 Å². The van der Waals surface area contributed by atoms with Gasteiger partial charge in [0.25, 0.3) is 0 Å². The van der Waals surface area contributed by atoms with Gasteiger partial charge in [-0.3, -0.25) is 4.79 Å². The molecule has 2 rings (SSSR count). The standard InChI is InChI=1S/C28H41F3N4O4/c1-18(2)23(24-32-14-15-33-24)35-25(37)20(12-9-13-28(29,30)31)17-22(36)21(16-19-10-7-6-8-11-19)34-26(38)39-27(3,4)5/h6-8,10-11,14-15,18,20-23,36H,9,12-13,16-17H2,1-5H3,(H,32,33)(H,34,38)(H,35,37)/t20-,21+,22+,23+/m1/s1. The molecule has 0 saturated heterocycles. The molecule has 39 heavy (non-hydrogen) atoms. The molecule has 8 nitrogen and oxygen atoms in total. The summed E-state index contributed by atoms with van der Waals surface area (Å²) in [5.41, 5.74) is 0.0534. The van der Waals surface area contributed by atoms with Crippen LogP contribution in [-0.2, 0) is 16.0 Å². The number of benzene rings is 1. The number of H-pyrrole nitrogens is 1. The molecule has 0 aliphatic heterocycles. The third-order valence-corrected chi connectivity index (χ3v) is 6.15. The number of carbonyl (C=O) groups is 2. The molecular formula is C28H41F3N4O4. The predicted molar refractivity (Wildman–Crippen MR) is 142 cm³/mol. The van der Waals surface area contributed by atoms with E-state index < -0.39 is 54.3 Å². The van der Waals surface area contributed by atoms with E-state index >= 15 is 0 Å². The van der Waals surface area contributed by atoms with Crippen LogP contribution in [0.5, 0.6) is 0 Å². The van der Waals surface area contributed by atoms with E-state index in [1.54, 1.807) is 33.2 Å². The molecule has 4 atom stereocenters. The Balaban J connectivity index is 2.24. The molecule has 1 heterocycles. The van der Waals surface area contributed by atoms with Gasteiger partial charge in [0.05, 0.1) is 18.2 Å². The molecule has 2 amide bonds. The van der Waals surface area contributed by atoms with Gasteiger partial charge in [-0.25, -0.2) is 9.78 Å². The molecule has 11 heteroatoms. The normalized spacial score (nSPS) is 15.3. The molecule has 1 aromatic carbocycles. The number of nitrogens with zero attached hydrogens (tertiary/aromatic N) is 1. The summed E-state index contributed by atoms with van der Waals surface area (Å²) < 4.78 is 44.0. The molecule has 0 aliphatic carbocycles. The second kappa shape index (κ2) is 14.3. The van der Waals surface area contributed by atoms with Gasteiger partial charge in [-0.15, -0.1) is 0 Å². The quantitative estimate of drug-likeness (QED) is 0.262. The minimum atomic E-state index is -4.36. The second-order valence-electron chi connectivity index (χ2n) is 11.2. The Morgan fingerprint density at radius 2 is 1.77 bits per heavy atom. The number of halogens is 3. The van der Waals surface area contributed by atoms with Crippen LogP contribution in [0.4, 0.5) is 18.0 Å². The lowest BCUT2D eigenvalue weighted by molar-refractivity contribution is -0.138. The molecule has 0 spiro atoms. The number of aliphatic hydroxyl groups is 1. The minimum absolute atomic E-state index is 0.0551. The van der Waals surface area contributed by atoms with Crippen LogP contribution in [0.25, 0.3) is 0 Å². The third-order valence-electron chi connectivity index (χ3n) is 6.15. The largest absolute Gasteiger partial charge is 0.444 e. The highest BCUT2D eigenvalue weighted by molar-refractivity contribution is 5.79. The lowest BCUT2D eigenvalue weighted by atomic mass is 9.89.